The zero-order valence-electron chi connectivity index (χ0n) is 10.5. The Morgan fingerprint density at radius 1 is 1.50 bits per heavy atom. The molecule has 0 radical (unpaired) electrons. The van der Waals surface area contributed by atoms with E-state index in [9.17, 15) is 0 Å². The lowest BCUT2D eigenvalue weighted by molar-refractivity contribution is 0.533. The molecular formula is C12H16ClN5. The molecular weight excluding hydrogens is 250 g/mol. The summed E-state index contributed by atoms with van der Waals surface area (Å²) in [6.45, 7) is 9.47. The van der Waals surface area contributed by atoms with Gasteiger partial charge in [-0.15, -0.1) is 6.58 Å². The first-order chi connectivity index (χ1) is 8.61. The summed E-state index contributed by atoms with van der Waals surface area (Å²) in [5.74, 6) is 1.22. The van der Waals surface area contributed by atoms with Gasteiger partial charge < -0.3 is 9.88 Å². The molecule has 2 aromatic rings. The molecule has 0 aromatic carbocycles. The molecule has 18 heavy (non-hydrogen) atoms. The van der Waals surface area contributed by atoms with Gasteiger partial charge in [-0.05, 0) is 17.5 Å². The zero-order chi connectivity index (χ0) is 13.1. The molecule has 1 N–H and O–H groups in total. The highest BCUT2D eigenvalue weighted by molar-refractivity contribution is 6.28. The van der Waals surface area contributed by atoms with E-state index in [4.69, 9.17) is 11.6 Å². The number of anilines is 1. The predicted molar refractivity (Wildman–Crippen MR) is 73.9 cm³/mol. The summed E-state index contributed by atoms with van der Waals surface area (Å²) in [5, 5.41) is 3.36. The van der Waals surface area contributed by atoms with E-state index < -0.39 is 0 Å². The van der Waals surface area contributed by atoms with E-state index in [1.807, 2.05) is 4.57 Å². The predicted octanol–water partition coefficient (Wildman–Crippen LogP) is 2.73. The smallest absolute Gasteiger partial charge is 0.226 e. The molecule has 0 aliphatic rings. The van der Waals surface area contributed by atoms with Crippen molar-refractivity contribution in [2.45, 2.75) is 20.4 Å². The van der Waals surface area contributed by atoms with Crippen LogP contribution >= 0.6 is 11.6 Å². The zero-order valence-corrected chi connectivity index (χ0v) is 11.3. The minimum Gasteiger partial charge on any atom is -0.365 e. The Balaban J connectivity index is 2.50. The molecule has 0 saturated heterocycles. The molecule has 2 heterocycles. The lowest BCUT2D eigenvalue weighted by atomic mass is 10.2. The first-order valence-corrected chi connectivity index (χ1v) is 6.22. The number of aromatic nitrogens is 4. The fourth-order valence-electron chi connectivity index (χ4n) is 1.78. The van der Waals surface area contributed by atoms with Gasteiger partial charge in [0.15, 0.2) is 11.5 Å². The molecule has 0 aliphatic carbocycles. The second-order valence-corrected chi connectivity index (χ2v) is 4.81. The van der Waals surface area contributed by atoms with E-state index in [1.165, 1.54) is 0 Å². The summed E-state index contributed by atoms with van der Waals surface area (Å²) >= 11 is 5.88. The summed E-state index contributed by atoms with van der Waals surface area (Å²) in [4.78, 5) is 12.6. The molecule has 0 unspecified atom stereocenters. The average molecular weight is 266 g/mol. The third-order valence-corrected chi connectivity index (χ3v) is 2.59. The molecule has 0 saturated carbocycles. The van der Waals surface area contributed by atoms with Crippen LogP contribution in [0.3, 0.4) is 0 Å². The van der Waals surface area contributed by atoms with Crippen LogP contribution in [0.4, 0.5) is 5.82 Å². The van der Waals surface area contributed by atoms with Gasteiger partial charge in [0.2, 0.25) is 5.28 Å². The van der Waals surface area contributed by atoms with Crippen molar-refractivity contribution in [1.82, 2.24) is 19.5 Å². The fraction of sp³-hybridized carbons (Fsp3) is 0.417. The normalized spacial score (nSPS) is 11.1. The summed E-state index contributed by atoms with van der Waals surface area (Å²) in [6, 6.07) is 0. The highest BCUT2D eigenvalue weighted by atomic mass is 35.5. The molecule has 5 nitrogen and oxygen atoms in total. The van der Waals surface area contributed by atoms with Crippen molar-refractivity contribution >= 4 is 28.6 Å². The average Bonchev–Trinajstić information content (AvgIpc) is 2.68. The summed E-state index contributed by atoms with van der Waals surface area (Å²) in [5.41, 5.74) is 1.50. The highest BCUT2D eigenvalue weighted by Crippen LogP contribution is 2.22. The van der Waals surface area contributed by atoms with Crippen molar-refractivity contribution in [2.24, 2.45) is 5.92 Å². The molecule has 0 spiro atoms. The number of rotatable bonds is 5. The molecule has 0 fully saturated rings. The van der Waals surface area contributed by atoms with Gasteiger partial charge in [0, 0.05) is 13.1 Å². The van der Waals surface area contributed by atoms with Gasteiger partial charge in [0.05, 0.1) is 6.33 Å². The van der Waals surface area contributed by atoms with Crippen LogP contribution in [-0.2, 0) is 6.54 Å². The summed E-state index contributed by atoms with van der Waals surface area (Å²) < 4.78 is 2.04. The van der Waals surface area contributed by atoms with Crippen molar-refractivity contribution in [3.63, 3.8) is 0 Å². The van der Waals surface area contributed by atoms with E-state index in [2.05, 4.69) is 40.7 Å². The number of nitrogens with one attached hydrogen (secondary N) is 1. The van der Waals surface area contributed by atoms with Crippen LogP contribution in [0.15, 0.2) is 19.0 Å². The van der Waals surface area contributed by atoms with Crippen LogP contribution in [-0.4, -0.2) is 26.1 Å². The largest absolute Gasteiger partial charge is 0.365 e. The van der Waals surface area contributed by atoms with Crippen molar-refractivity contribution < 1.29 is 0 Å². The molecule has 0 bridgehead atoms. The van der Waals surface area contributed by atoms with E-state index in [0.29, 0.717) is 23.9 Å². The first kappa shape index (κ1) is 12.8. The minimum absolute atomic E-state index is 0.198. The van der Waals surface area contributed by atoms with Gasteiger partial charge in [-0.25, -0.2) is 4.98 Å². The van der Waals surface area contributed by atoms with Crippen molar-refractivity contribution in [1.29, 1.82) is 0 Å². The Morgan fingerprint density at radius 3 is 2.94 bits per heavy atom. The molecule has 6 heteroatoms. The Hall–Kier alpha value is -1.62. The second-order valence-electron chi connectivity index (χ2n) is 4.47. The van der Waals surface area contributed by atoms with E-state index in [-0.39, 0.29) is 5.28 Å². The maximum Gasteiger partial charge on any atom is 0.226 e. The topological polar surface area (TPSA) is 55.6 Å². The molecule has 0 amide bonds. The van der Waals surface area contributed by atoms with Gasteiger partial charge in [-0.3, -0.25) is 0 Å². The quantitative estimate of drug-likeness (QED) is 0.667. The van der Waals surface area contributed by atoms with Crippen LogP contribution in [0.5, 0.6) is 0 Å². The SMILES string of the molecule is C=CCNc1nc(Cl)nc2ncn(CC(C)C)c12. The van der Waals surface area contributed by atoms with Crippen LogP contribution in [0.25, 0.3) is 11.2 Å². The maximum atomic E-state index is 5.88. The number of imidazole rings is 1. The van der Waals surface area contributed by atoms with E-state index in [0.717, 1.165) is 12.1 Å². The second kappa shape index (κ2) is 5.35. The number of fused-ring (bicyclic) bond motifs is 1. The Bertz CT molecular complexity index is 561. The number of hydrogen-bond acceptors (Lipinski definition) is 4. The van der Waals surface area contributed by atoms with Gasteiger partial charge in [0.1, 0.15) is 5.52 Å². The third kappa shape index (κ3) is 2.61. The summed E-state index contributed by atoms with van der Waals surface area (Å²) in [7, 11) is 0. The Labute approximate surface area is 111 Å². The van der Waals surface area contributed by atoms with E-state index >= 15 is 0 Å². The van der Waals surface area contributed by atoms with Gasteiger partial charge in [-0.1, -0.05) is 19.9 Å². The van der Waals surface area contributed by atoms with Crippen LogP contribution in [0, 0.1) is 5.92 Å². The molecule has 96 valence electrons. The van der Waals surface area contributed by atoms with Crippen molar-refractivity contribution in [3.05, 3.63) is 24.3 Å². The van der Waals surface area contributed by atoms with Crippen molar-refractivity contribution in [2.75, 3.05) is 11.9 Å². The monoisotopic (exact) mass is 265 g/mol. The number of halogens is 1. The highest BCUT2D eigenvalue weighted by Gasteiger charge is 2.13. The molecule has 0 aliphatic heterocycles. The van der Waals surface area contributed by atoms with Gasteiger partial charge in [0.25, 0.3) is 0 Å². The molecule has 2 aromatic heterocycles. The maximum absolute atomic E-state index is 5.88. The fourth-order valence-corrected chi connectivity index (χ4v) is 1.94. The standard InChI is InChI=1S/C12H16ClN5/c1-4-5-14-10-9-11(17-12(13)16-10)15-7-18(9)6-8(2)3/h4,7-8H,1,5-6H2,2-3H3,(H,14,16,17). The van der Waals surface area contributed by atoms with Crippen LogP contribution < -0.4 is 5.32 Å². The first-order valence-electron chi connectivity index (χ1n) is 5.85. The van der Waals surface area contributed by atoms with E-state index in [1.54, 1.807) is 12.4 Å². The Morgan fingerprint density at radius 2 is 2.28 bits per heavy atom. The summed E-state index contributed by atoms with van der Waals surface area (Å²) in [6.07, 6.45) is 3.54. The molecule has 2 rings (SSSR count). The molecule has 0 atom stereocenters. The van der Waals surface area contributed by atoms with Gasteiger partial charge >= 0.3 is 0 Å². The van der Waals surface area contributed by atoms with Crippen LogP contribution in [0.2, 0.25) is 5.28 Å². The lowest BCUT2D eigenvalue weighted by Crippen LogP contribution is -2.08. The van der Waals surface area contributed by atoms with Crippen molar-refractivity contribution in [3.8, 4) is 0 Å². The lowest BCUT2D eigenvalue weighted by Gasteiger charge is -2.10. The number of nitrogens with zero attached hydrogens (tertiary/aromatic N) is 4. The Kier molecular flexibility index (Phi) is 3.81. The van der Waals surface area contributed by atoms with Gasteiger partial charge in [-0.2, -0.15) is 9.97 Å². The third-order valence-electron chi connectivity index (χ3n) is 2.42. The van der Waals surface area contributed by atoms with Crippen LogP contribution in [0.1, 0.15) is 13.8 Å². The number of hydrogen-bond donors (Lipinski definition) is 1. The minimum atomic E-state index is 0.198.